The summed E-state index contributed by atoms with van der Waals surface area (Å²) < 4.78 is 39.6. The average molecular weight is 301 g/mol. The zero-order valence-electron chi connectivity index (χ0n) is 11.9. The fraction of sp³-hybridized carbons (Fsp3) is 0.533. The van der Waals surface area contributed by atoms with E-state index in [9.17, 15) is 18.0 Å². The molecule has 1 aromatic rings. The maximum atomic E-state index is 13.2. The molecule has 0 amide bonds. The Balaban J connectivity index is 2.45. The lowest BCUT2D eigenvalue weighted by Crippen LogP contribution is -2.29. The van der Waals surface area contributed by atoms with Crippen molar-refractivity contribution in [1.29, 1.82) is 0 Å². The fourth-order valence-corrected chi connectivity index (χ4v) is 2.93. The van der Waals surface area contributed by atoms with Gasteiger partial charge in [-0.15, -0.1) is 0 Å². The molecular weight excluding hydrogens is 283 g/mol. The van der Waals surface area contributed by atoms with Gasteiger partial charge in [-0.1, -0.05) is 6.07 Å². The predicted molar refractivity (Wildman–Crippen MR) is 73.5 cm³/mol. The van der Waals surface area contributed by atoms with Crippen molar-refractivity contribution >= 4 is 11.7 Å². The molecule has 1 N–H and O–H groups in total. The first-order valence-corrected chi connectivity index (χ1v) is 6.90. The van der Waals surface area contributed by atoms with Crippen molar-refractivity contribution in [3.05, 3.63) is 29.3 Å². The SMILES string of the molecule is CC(C)N1CC(CCC(=O)O)c2c1cccc2C(F)(F)F. The van der Waals surface area contributed by atoms with Crippen LogP contribution in [-0.2, 0) is 11.0 Å². The summed E-state index contributed by atoms with van der Waals surface area (Å²) in [4.78, 5) is 12.6. The molecule has 2 rings (SSSR count). The van der Waals surface area contributed by atoms with E-state index in [2.05, 4.69) is 0 Å². The van der Waals surface area contributed by atoms with Crippen LogP contribution in [0.4, 0.5) is 18.9 Å². The molecule has 0 saturated heterocycles. The van der Waals surface area contributed by atoms with Crippen LogP contribution >= 0.6 is 0 Å². The van der Waals surface area contributed by atoms with Crippen molar-refractivity contribution in [2.24, 2.45) is 0 Å². The van der Waals surface area contributed by atoms with Gasteiger partial charge in [0.15, 0.2) is 0 Å². The first-order valence-electron chi connectivity index (χ1n) is 6.90. The van der Waals surface area contributed by atoms with E-state index in [1.54, 1.807) is 6.07 Å². The van der Waals surface area contributed by atoms with Crippen molar-refractivity contribution in [2.45, 2.75) is 44.8 Å². The summed E-state index contributed by atoms with van der Waals surface area (Å²) >= 11 is 0. The van der Waals surface area contributed by atoms with Crippen LogP contribution in [-0.4, -0.2) is 23.7 Å². The molecule has 1 heterocycles. The Bertz CT molecular complexity index is 540. The molecule has 0 spiro atoms. The Labute approximate surface area is 121 Å². The van der Waals surface area contributed by atoms with Gasteiger partial charge in [0.05, 0.1) is 5.56 Å². The number of carbonyl (C=O) groups is 1. The third-order valence-electron chi connectivity index (χ3n) is 3.85. The molecule has 1 aliphatic rings. The zero-order chi connectivity index (χ0) is 15.8. The third kappa shape index (κ3) is 3.14. The number of aliphatic carboxylic acids is 1. The van der Waals surface area contributed by atoms with Gasteiger partial charge in [-0.25, -0.2) is 0 Å². The number of benzene rings is 1. The van der Waals surface area contributed by atoms with E-state index in [-0.39, 0.29) is 24.4 Å². The van der Waals surface area contributed by atoms with Crippen molar-refractivity contribution in [2.75, 3.05) is 11.4 Å². The summed E-state index contributed by atoms with van der Waals surface area (Å²) in [6, 6.07) is 4.25. The van der Waals surface area contributed by atoms with E-state index >= 15 is 0 Å². The van der Waals surface area contributed by atoms with Crippen LogP contribution in [0.25, 0.3) is 0 Å². The van der Waals surface area contributed by atoms with Gasteiger partial charge in [0.25, 0.3) is 0 Å². The van der Waals surface area contributed by atoms with Gasteiger partial charge in [-0.05, 0) is 38.0 Å². The molecule has 0 saturated carbocycles. The number of halogens is 3. The molecule has 0 fully saturated rings. The van der Waals surface area contributed by atoms with Crippen LogP contribution in [0.3, 0.4) is 0 Å². The molecule has 3 nitrogen and oxygen atoms in total. The third-order valence-corrected chi connectivity index (χ3v) is 3.85. The Morgan fingerprint density at radius 3 is 2.62 bits per heavy atom. The number of carboxylic acid groups (broad SMARTS) is 1. The van der Waals surface area contributed by atoms with Gasteiger partial charge >= 0.3 is 12.1 Å². The summed E-state index contributed by atoms with van der Waals surface area (Å²) in [5.74, 6) is -1.37. The maximum absolute atomic E-state index is 13.2. The molecule has 1 aromatic carbocycles. The number of carboxylic acids is 1. The minimum absolute atomic E-state index is 0.0714. The zero-order valence-corrected chi connectivity index (χ0v) is 11.9. The highest BCUT2D eigenvalue weighted by molar-refractivity contribution is 5.68. The molecule has 0 aromatic heterocycles. The summed E-state index contributed by atoms with van der Waals surface area (Å²) in [5, 5.41) is 8.79. The first kappa shape index (κ1) is 15.7. The van der Waals surface area contributed by atoms with Gasteiger partial charge in [0, 0.05) is 30.6 Å². The molecule has 1 unspecified atom stereocenters. The van der Waals surface area contributed by atoms with Crippen LogP contribution < -0.4 is 4.90 Å². The highest BCUT2D eigenvalue weighted by Gasteiger charge is 2.40. The van der Waals surface area contributed by atoms with E-state index in [0.717, 1.165) is 6.07 Å². The van der Waals surface area contributed by atoms with Crippen molar-refractivity contribution in [3.63, 3.8) is 0 Å². The number of rotatable bonds is 4. The highest BCUT2D eigenvalue weighted by atomic mass is 19.4. The second kappa shape index (κ2) is 5.58. The number of hydrogen-bond donors (Lipinski definition) is 1. The number of hydrogen-bond acceptors (Lipinski definition) is 2. The fourth-order valence-electron chi connectivity index (χ4n) is 2.93. The van der Waals surface area contributed by atoms with Crippen LogP contribution in [0.15, 0.2) is 18.2 Å². The largest absolute Gasteiger partial charge is 0.481 e. The van der Waals surface area contributed by atoms with Crippen LogP contribution in [0, 0.1) is 0 Å². The lowest BCUT2D eigenvalue weighted by molar-refractivity contribution is -0.138. The maximum Gasteiger partial charge on any atom is 0.416 e. The topological polar surface area (TPSA) is 40.5 Å². The standard InChI is InChI=1S/C15H18F3NO2/c1-9(2)19-8-10(6-7-13(20)21)14-11(15(16,17)18)4-3-5-12(14)19/h3-5,9-10H,6-8H2,1-2H3,(H,20,21). The van der Waals surface area contributed by atoms with Crippen molar-refractivity contribution in [3.8, 4) is 0 Å². The van der Waals surface area contributed by atoms with Crippen LogP contribution in [0.1, 0.15) is 43.7 Å². The van der Waals surface area contributed by atoms with Crippen LogP contribution in [0.5, 0.6) is 0 Å². The lowest BCUT2D eigenvalue weighted by atomic mass is 9.92. The molecule has 116 valence electrons. The molecule has 21 heavy (non-hydrogen) atoms. The van der Waals surface area contributed by atoms with Gasteiger partial charge in [0.2, 0.25) is 0 Å². The Morgan fingerprint density at radius 2 is 2.10 bits per heavy atom. The smallest absolute Gasteiger partial charge is 0.416 e. The van der Waals surface area contributed by atoms with Gasteiger partial charge in [-0.2, -0.15) is 13.2 Å². The van der Waals surface area contributed by atoms with Crippen LogP contribution in [0.2, 0.25) is 0 Å². The average Bonchev–Trinajstić information content (AvgIpc) is 2.74. The minimum Gasteiger partial charge on any atom is -0.481 e. The summed E-state index contributed by atoms with van der Waals surface area (Å²) in [5.41, 5.74) is 0.189. The second-order valence-electron chi connectivity index (χ2n) is 5.61. The Hall–Kier alpha value is -1.72. The van der Waals surface area contributed by atoms with Gasteiger partial charge in [0.1, 0.15) is 0 Å². The number of fused-ring (bicyclic) bond motifs is 1. The molecule has 1 atom stereocenters. The number of nitrogens with zero attached hydrogens (tertiary/aromatic N) is 1. The predicted octanol–water partition coefficient (Wildman–Crippen LogP) is 3.88. The minimum atomic E-state index is -4.42. The van der Waals surface area contributed by atoms with Gasteiger partial charge in [-0.3, -0.25) is 4.79 Å². The van der Waals surface area contributed by atoms with E-state index in [1.807, 2.05) is 18.7 Å². The molecule has 0 bridgehead atoms. The Morgan fingerprint density at radius 1 is 1.43 bits per heavy atom. The van der Waals surface area contributed by atoms with E-state index < -0.39 is 23.6 Å². The summed E-state index contributed by atoms with van der Waals surface area (Å²) in [6.07, 6.45) is -4.32. The summed E-state index contributed by atoms with van der Waals surface area (Å²) in [7, 11) is 0. The van der Waals surface area contributed by atoms with Gasteiger partial charge < -0.3 is 10.0 Å². The monoisotopic (exact) mass is 301 g/mol. The summed E-state index contributed by atoms with van der Waals surface area (Å²) in [6.45, 7) is 4.28. The molecule has 1 aliphatic heterocycles. The lowest BCUT2D eigenvalue weighted by Gasteiger charge is -2.24. The highest BCUT2D eigenvalue weighted by Crippen LogP contribution is 2.46. The van der Waals surface area contributed by atoms with E-state index in [1.165, 1.54) is 6.07 Å². The van der Waals surface area contributed by atoms with E-state index in [4.69, 9.17) is 5.11 Å². The molecule has 0 aliphatic carbocycles. The van der Waals surface area contributed by atoms with E-state index in [0.29, 0.717) is 12.2 Å². The Kier molecular flexibility index (Phi) is 4.16. The second-order valence-corrected chi connectivity index (χ2v) is 5.61. The van der Waals surface area contributed by atoms with Crippen molar-refractivity contribution < 1.29 is 23.1 Å². The normalized spacial score (nSPS) is 18.2. The number of anilines is 1. The molecule has 6 heteroatoms. The number of alkyl halides is 3. The molecular formula is C15H18F3NO2. The molecule has 0 radical (unpaired) electrons. The first-order chi connectivity index (χ1) is 9.71. The van der Waals surface area contributed by atoms with Crippen molar-refractivity contribution in [1.82, 2.24) is 0 Å². The quantitative estimate of drug-likeness (QED) is 0.917.